The Morgan fingerprint density at radius 3 is 2.64 bits per heavy atom. The summed E-state index contributed by atoms with van der Waals surface area (Å²) in [6.07, 6.45) is 10.2. The van der Waals surface area contributed by atoms with E-state index in [-0.39, 0.29) is 24.9 Å². The Morgan fingerprint density at radius 1 is 1.32 bits per heavy atom. The topological polar surface area (TPSA) is 91.2 Å². The van der Waals surface area contributed by atoms with Crippen LogP contribution in [0.3, 0.4) is 0 Å². The number of rotatable bonds is 8. The molecule has 1 unspecified atom stereocenters. The largest absolute Gasteiger partial charge is 0.460 e. The first kappa shape index (κ1) is 19.9. The molecule has 6 heteroatoms. The van der Waals surface area contributed by atoms with Crippen LogP contribution in [0.5, 0.6) is 0 Å². The third-order valence-corrected chi connectivity index (χ3v) is 4.74. The fraction of sp³-hybridized carbons (Fsp3) is 0.842. The number of carbonyl (C=O) groups excluding carboxylic acids is 1. The second kappa shape index (κ2) is 9.32. The molecular formula is C19H33N3O3. The lowest BCUT2D eigenvalue weighted by Crippen LogP contribution is -2.25. The lowest BCUT2D eigenvalue weighted by molar-refractivity contribution is -0.155. The number of aromatic nitrogens is 2. The number of hydrogen-bond donors (Lipinski definition) is 1. The van der Waals surface area contributed by atoms with Gasteiger partial charge in [-0.25, -0.2) is 0 Å². The minimum Gasteiger partial charge on any atom is -0.460 e. The van der Waals surface area contributed by atoms with E-state index in [0.29, 0.717) is 11.7 Å². The van der Waals surface area contributed by atoms with E-state index in [1.807, 2.05) is 20.8 Å². The van der Waals surface area contributed by atoms with Crippen LogP contribution in [0.25, 0.3) is 0 Å². The van der Waals surface area contributed by atoms with Gasteiger partial charge < -0.3 is 15.0 Å². The van der Waals surface area contributed by atoms with Crippen molar-refractivity contribution in [1.29, 1.82) is 0 Å². The van der Waals surface area contributed by atoms with Crippen LogP contribution in [0, 0.1) is 5.92 Å². The van der Waals surface area contributed by atoms with Gasteiger partial charge in [-0.05, 0) is 33.1 Å². The van der Waals surface area contributed by atoms with Crippen LogP contribution in [-0.2, 0) is 16.1 Å². The van der Waals surface area contributed by atoms with Crippen LogP contribution in [0.1, 0.15) is 96.2 Å². The normalized spacial score (nSPS) is 17.4. The number of nitrogens with zero attached hydrogens (tertiary/aromatic N) is 2. The third kappa shape index (κ3) is 7.14. The summed E-state index contributed by atoms with van der Waals surface area (Å²) in [5.41, 5.74) is 5.08. The van der Waals surface area contributed by atoms with Crippen LogP contribution < -0.4 is 5.73 Å². The molecule has 1 aromatic rings. The van der Waals surface area contributed by atoms with Crippen LogP contribution in [0.2, 0.25) is 0 Å². The van der Waals surface area contributed by atoms with E-state index in [9.17, 15) is 4.79 Å². The highest BCUT2D eigenvalue weighted by molar-refractivity contribution is 5.70. The zero-order valence-electron chi connectivity index (χ0n) is 15.9. The maximum Gasteiger partial charge on any atom is 0.307 e. The highest BCUT2D eigenvalue weighted by atomic mass is 16.6. The molecule has 1 aliphatic carbocycles. The predicted octanol–water partition coefficient (Wildman–Crippen LogP) is 4.09. The smallest absolute Gasteiger partial charge is 0.307 e. The Hall–Kier alpha value is -1.43. The van der Waals surface area contributed by atoms with Crippen molar-refractivity contribution in [1.82, 2.24) is 10.1 Å². The Kier molecular flexibility index (Phi) is 7.41. The summed E-state index contributed by atoms with van der Waals surface area (Å²) in [5, 5.41) is 3.87. The van der Waals surface area contributed by atoms with Gasteiger partial charge in [0.15, 0.2) is 5.82 Å². The van der Waals surface area contributed by atoms with Gasteiger partial charge in [0.25, 0.3) is 0 Å². The van der Waals surface area contributed by atoms with Gasteiger partial charge in [0.05, 0.1) is 13.0 Å². The standard InChI is InChI=1S/C19H33N3O3/c1-19(2,3)24-17(23)12-15(18-21-16(13-20)22-25-18)11-7-10-14-8-5-4-6-9-14/h14-15H,4-13,20H2,1-3H3. The van der Waals surface area contributed by atoms with E-state index in [4.69, 9.17) is 15.0 Å². The molecule has 25 heavy (non-hydrogen) atoms. The lowest BCUT2D eigenvalue weighted by Gasteiger charge is -2.23. The van der Waals surface area contributed by atoms with Gasteiger partial charge in [0, 0.05) is 5.92 Å². The summed E-state index contributed by atoms with van der Waals surface area (Å²) in [6, 6.07) is 0. The molecule has 0 amide bonds. The molecule has 6 nitrogen and oxygen atoms in total. The highest BCUT2D eigenvalue weighted by Crippen LogP contribution is 2.31. The number of hydrogen-bond acceptors (Lipinski definition) is 6. The summed E-state index contributed by atoms with van der Waals surface area (Å²) in [5.74, 6) is 1.51. The molecule has 1 aromatic heterocycles. The van der Waals surface area contributed by atoms with E-state index in [1.54, 1.807) is 0 Å². The molecule has 1 saturated carbocycles. The molecule has 0 saturated heterocycles. The zero-order valence-corrected chi connectivity index (χ0v) is 15.9. The van der Waals surface area contributed by atoms with Crippen molar-refractivity contribution in [2.45, 2.75) is 96.6 Å². The van der Waals surface area contributed by atoms with E-state index in [0.717, 1.165) is 18.8 Å². The first-order valence-corrected chi connectivity index (χ1v) is 9.62. The molecule has 0 aliphatic heterocycles. The molecule has 0 aromatic carbocycles. The molecule has 1 fully saturated rings. The molecule has 1 heterocycles. The van der Waals surface area contributed by atoms with Gasteiger partial charge in [-0.1, -0.05) is 50.1 Å². The van der Waals surface area contributed by atoms with E-state index < -0.39 is 5.60 Å². The molecule has 1 aliphatic rings. The van der Waals surface area contributed by atoms with Gasteiger partial charge in [-0.15, -0.1) is 0 Å². The molecule has 142 valence electrons. The quantitative estimate of drug-likeness (QED) is 0.709. The second-order valence-electron chi connectivity index (χ2n) is 8.18. The van der Waals surface area contributed by atoms with Gasteiger partial charge in [0.2, 0.25) is 5.89 Å². The molecule has 0 radical (unpaired) electrons. The fourth-order valence-corrected chi connectivity index (χ4v) is 3.54. The van der Waals surface area contributed by atoms with Crippen LogP contribution in [-0.4, -0.2) is 21.7 Å². The van der Waals surface area contributed by atoms with Crippen molar-refractivity contribution in [3.8, 4) is 0 Å². The highest BCUT2D eigenvalue weighted by Gasteiger charge is 2.26. The van der Waals surface area contributed by atoms with Crippen LogP contribution in [0.4, 0.5) is 0 Å². The van der Waals surface area contributed by atoms with Crippen molar-refractivity contribution < 1.29 is 14.1 Å². The minimum atomic E-state index is -0.485. The van der Waals surface area contributed by atoms with Gasteiger partial charge in [-0.3, -0.25) is 4.79 Å². The van der Waals surface area contributed by atoms with Crippen molar-refractivity contribution in [2.75, 3.05) is 0 Å². The second-order valence-corrected chi connectivity index (χ2v) is 8.18. The average Bonchev–Trinajstić information content (AvgIpc) is 3.02. The first-order chi connectivity index (χ1) is 11.9. The first-order valence-electron chi connectivity index (χ1n) is 9.62. The Bertz CT molecular complexity index is 530. The fourth-order valence-electron chi connectivity index (χ4n) is 3.54. The number of carbonyl (C=O) groups is 1. The molecular weight excluding hydrogens is 318 g/mol. The Balaban J connectivity index is 1.92. The summed E-state index contributed by atoms with van der Waals surface area (Å²) in [7, 11) is 0. The molecule has 1 atom stereocenters. The number of ether oxygens (including phenoxy) is 1. The monoisotopic (exact) mass is 351 g/mol. The predicted molar refractivity (Wildman–Crippen MR) is 95.8 cm³/mol. The molecule has 0 bridgehead atoms. The average molecular weight is 351 g/mol. The zero-order chi connectivity index (χ0) is 18.3. The number of nitrogens with two attached hydrogens (primary N) is 1. The summed E-state index contributed by atoms with van der Waals surface area (Å²) in [4.78, 5) is 16.6. The summed E-state index contributed by atoms with van der Waals surface area (Å²) < 4.78 is 10.8. The van der Waals surface area contributed by atoms with Crippen LogP contribution in [0.15, 0.2) is 4.52 Å². The van der Waals surface area contributed by atoms with Crippen molar-refractivity contribution in [3.05, 3.63) is 11.7 Å². The Morgan fingerprint density at radius 2 is 2.04 bits per heavy atom. The van der Waals surface area contributed by atoms with Crippen molar-refractivity contribution in [3.63, 3.8) is 0 Å². The van der Waals surface area contributed by atoms with Gasteiger partial charge >= 0.3 is 5.97 Å². The van der Waals surface area contributed by atoms with E-state index in [1.165, 1.54) is 38.5 Å². The molecule has 0 spiro atoms. The minimum absolute atomic E-state index is 0.0914. The van der Waals surface area contributed by atoms with Gasteiger partial charge in [-0.2, -0.15) is 4.98 Å². The van der Waals surface area contributed by atoms with Crippen molar-refractivity contribution >= 4 is 5.97 Å². The SMILES string of the molecule is CC(C)(C)OC(=O)CC(CCCC1CCCCC1)c1nc(CN)no1. The third-order valence-electron chi connectivity index (χ3n) is 4.74. The van der Waals surface area contributed by atoms with Crippen molar-refractivity contribution in [2.24, 2.45) is 11.7 Å². The van der Waals surface area contributed by atoms with E-state index in [2.05, 4.69) is 10.1 Å². The number of esters is 1. The van der Waals surface area contributed by atoms with E-state index >= 15 is 0 Å². The lowest BCUT2D eigenvalue weighted by atomic mass is 9.84. The summed E-state index contributed by atoms with van der Waals surface area (Å²) in [6.45, 7) is 5.87. The maximum absolute atomic E-state index is 12.2. The summed E-state index contributed by atoms with van der Waals surface area (Å²) >= 11 is 0. The Labute approximate surface area is 150 Å². The van der Waals surface area contributed by atoms with Crippen LogP contribution >= 0.6 is 0 Å². The molecule has 2 rings (SSSR count). The maximum atomic E-state index is 12.2. The molecule has 2 N–H and O–H groups in total. The van der Waals surface area contributed by atoms with Gasteiger partial charge in [0.1, 0.15) is 5.60 Å².